The molecule has 1 aromatic carbocycles. The fourth-order valence-electron chi connectivity index (χ4n) is 2.77. The molecule has 0 fully saturated rings. The number of nitrogens with one attached hydrogen (secondary N) is 1. The van der Waals surface area contributed by atoms with Crippen LogP contribution in [0.3, 0.4) is 0 Å². The third-order valence-electron chi connectivity index (χ3n) is 4.31. The molecule has 7 heteroatoms. The van der Waals surface area contributed by atoms with Crippen molar-refractivity contribution >= 4 is 34.2 Å². The molecule has 0 aliphatic rings. The summed E-state index contributed by atoms with van der Waals surface area (Å²) in [5, 5.41) is 3.08. The molecule has 29 heavy (non-hydrogen) atoms. The number of benzene rings is 1. The summed E-state index contributed by atoms with van der Waals surface area (Å²) in [4.78, 5) is 37.9. The minimum absolute atomic E-state index is 0.202. The van der Waals surface area contributed by atoms with Crippen LogP contribution in [0.4, 0.5) is 5.00 Å². The first-order valence-corrected chi connectivity index (χ1v) is 10.5. The SMILES string of the molecule is CCOC(=O)c1cc(C(C)C)sc1NC(=O)COC(=O)[C@@H](CC)c1ccccc1. The van der Waals surface area contributed by atoms with Crippen molar-refractivity contribution in [1.82, 2.24) is 0 Å². The van der Waals surface area contributed by atoms with E-state index in [4.69, 9.17) is 9.47 Å². The molecule has 1 amide bonds. The van der Waals surface area contributed by atoms with E-state index in [9.17, 15) is 14.4 Å². The van der Waals surface area contributed by atoms with E-state index in [0.717, 1.165) is 10.4 Å². The Bertz CT molecular complexity index is 844. The summed E-state index contributed by atoms with van der Waals surface area (Å²) in [7, 11) is 0. The van der Waals surface area contributed by atoms with Crippen molar-refractivity contribution < 1.29 is 23.9 Å². The third kappa shape index (κ3) is 6.15. The summed E-state index contributed by atoms with van der Waals surface area (Å²) in [6, 6.07) is 11.1. The maximum Gasteiger partial charge on any atom is 0.341 e. The molecule has 0 aliphatic carbocycles. The Morgan fingerprint density at radius 3 is 2.34 bits per heavy atom. The number of hydrogen-bond donors (Lipinski definition) is 1. The van der Waals surface area contributed by atoms with Crippen LogP contribution >= 0.6 is 11.3 Å². The first-order chi connectivity index (χ1) is 13.9. The minimum atomic E-state index is -0.496. The van der Waals surface area contributed by atoms with Gasteiger partial charge >= 0.3 is 11.9 Å². The molecule has 1 aromatic heterocycles. The van der Waals surface area contributed by atoms with Crippen LogP contribution < -0.4 is 5.32 Å². The Morgan fingerprint density at radius 1 is 1.07 bits per heavy atom. The quantitative estimate of drug-likeness (QED) is 0.597. The Labute approximate surface area is 175 Å². The highest BCUT2D eigenvalue weighted by atomic mass is 32.1. The lowest BCUT2D eigenvalue weighted by Gasteiger charge is -2.14. The molecule has 1 N–H and O–H groups in total. The van der Waals surface area contributed by atoms with Crippen LogP contribution in [-0.4, -0.2) is 31.1 Å². The van der Waals surface area contributed by atoms with Crippen LogP contribution in [-0.2, 0) is 19.1 Å². The van der Waals surface area contributed by atoms with E-state index >= 15 is 0 Å². The average Bonchev–Trinajstić information content (AvgIpc) is 3.12. The van der Waals surface area contributed by atoms with Crippen LogP contribution in [0.15, 0.2) is 36.4 Å². The molecule has 6 nitrogen and oxygen atoms in total. The van der Waals surface area contributed by atoms with Crippen molar-refractivity contribution in [3.05, 3.63) is 52.4 Å². The molecule has 0 saturated carbocycles. The van der Waals surface area contributed by atoms with Gasteiger partial charge in [0.2, 0.25) is 0 Å². The van der Waals surface area contributed by atoms with Gasteiger partial charge in [0.05, 0.1) is 18.1 Å². The molecule has 1 heterocycles. The van der Waals surface area contributed by atoms with E-state index in [-0.39, 0.29) is 12.5 Å². The first kappa shape index (κ1) is 22.6. The van der Waals surface area contributed by atoms with E-state index in [0.29, 0.717) is 17.0 Å². The monoisotopic (exact) mass is 417 g/mol. The fourth-order valence-corrected chi connectivity index (χ4v) is 3.84. The number of amides is 1. The van der Waals surface area contributed by atoms with E-state index in [1.807, 2.05) is 51.1 Å². The van der Waals surface area contributed by atoms with Crippen molar-refractivity contribution in [2.24, 2.45) is 0 Å². The van der Waals surface area contributed by atoms with Gasteiger partial charge in [0, 0.05) is 4.88 Å². The topological polar surface area (TPSA) is 81.7 Å². The first-order valence-electron chi connectivity index (χ1n) is 9.69. The molecule has 0 bridgehead atoms. The van der Waals surface area contributed by atoms with Crippen molar-refractivity contribution in [1.29, 1.82) is 0 Å². The second kappa shape index (κ2) is 10.8. The second-order valence-electron chi connectivity index (χ2n) is 6.79. The zero-order chi connectivity index (χ0) is 21.4. The summed E-state index contributed by atoms with van der Waals surface area (Å²) in [5.74, 6) is -1.66. The molecular weight excluding hydrogens is 390 g/mol. The van der Waals surface area contributed by atoms with Crippen molar-refractivity contribution in [3.8, 4) is 0 Å². The average molecular weight is 418 g/mol. The van der Waals surface area contributed by atoms with E-state index in [1.54, 1.807) is 13.0 Å². The fraction of sp³-hybridized carbons (Fsp3) is 0.409. The van der Waals surface area contributed by atoms with Crippen molar-refractivity contribution in [2.45, 2.75) is 46.0 Å². The van der Waals surface area contributed by atoms with Crippen molar-refractivity contribution in [2.75, 3.05) is 18.5 Å². The Balaban J connectivity index is 2.03. The van der Waals surface area contributed by atoms with Gasteiger partial charge in [-0.2, -0.15) is 0 Å². The number of esters is 2. The van der Waals surface area contributed by atoms with Crippen LogP contribution in [0.5, 0.6) is 0 Å². The normalized spacial score (nSPS) is 11.8. The number of hydrogen-bond acceptors (Lipinski definition) is 6. The third-order valence-corrected chi connectivity index (χ3v) is 5.66. The van der Waals surface area contributed by atoms with Gasteiger partial charge in [-0.3, -0.25) is 9.59 Å². The number of thiophene rings is 1. The van der Waals surface area contributed by atoms with Gasteiger partial charge in [-0.15, -0.1) is 11.3 Å². The van der Waals surface area contributed by atoms with Gasteiger partial charge in [-0.1, -0.05) is 51.1 Å². The van der Waals surface area contributed by atoms with E-state index < -0.39 is 30.4 Å². The Kier molecular flexibility index (Phi) is 8.39. The van der Waals surface area contributed by atoms with E-state index in [2.05, 4.69) is 5.32 Å². The Hall–Kier alpha value is -2.67. The van der Waals surface area contributed by atoms with E-state index in [1.165, 1.54) is 11.3 Å². The van der Waals surface area contributed by atoms with Gasteiger partial charge in [0.1, 0.15) is 5.00 Å². The molecule has 0 radical (unpaired) electrons. The lowest BCUT2D eigenvalue weighted by Crippen LogP contribution is -2.24. The molecule has 0 spiro atoms. The highest BCUT2D eigenvalue weighted by Crippen LogP contribution is 2.33. The summed E-state index contributed by atoms with van der Waals surface area (Å²) in [5.41, 5.74) is 1.17. The predicted molar refractivity (Wildman–Crippen MR) is 113 cm³/mol. The lowest BCUT2D eigenvalue weighted by atomic mass is 9.97. The largest absolute Gasteiger partial charge is 0.462 e. The number of anilines is 1. The van der Waals surface area contributed by atoms with Crippen LogP contribution in [0.2, 0.25) is 0 Å². The molecule has 1 atom stereocenters. The molecule has 0 saturated heterocycles. The van der Waals surface area contributed by atoms with Crippen LogP contribution in [0, 0.1) is 0 Å². The van der Waals surface area contributed by atoms with Gasteiger partial charge in [0.15, 0.2) is 6.61 Å². The van der Waals surface area contributed by atoms with Crippen molar-refractivity contribution in [3.63, 3.8) is 0 Å². The van der Waals surface area contributed by atoms with Crippen LogP contribution in [0.25, 0.3) is 0 Å². The number of rotatable bonds is 9. The maximum atomic E-state index is 12.4. The minimum Gasteiger partial charge on any atom is -0.462 e. The Morgan fingerprint density at radius 2 is 1.76 bits per heavy atom. The standard InChI is InChI=1S/C22H27NO5S/c1-5-16(15-10-8-7-9-11-15)21(25)28-13-19(24)23-20-17(22(26)27-6-2)12-18(29-20)14(3)4/h7-12,14,16H,5-6,13H2,1-4H3,(H,23,24)/t16-/m0/s1. The number of carbonyl (C=O) groups excluding carboxylic acids is 3. The summed E-state index contributed by atoms with van der Waals surface area (Å²) in [6.07, 6.45) is 0.570. The molecule has 2 rings (SSSR count). The molecule has 156 valence electrons. The zero-order valence-corrected chi connectivity index (χ0v) is 18.0. The van der Waals surface area contributed by atoms with Gasteiger partial charge in [0.25, 0.3) is 5.91 Å². The second-order valence-corrected chi connectivity index (χ2v) is 7.88. The number of ether oxygens (including phenoxy) is 2. The molecular formula is C22H27NO5S. The molecule has 0 unspecified atom stereocenters. The van der Waals surface area contributed by atoms with Gasteiger partial charge in [-0.05, 0) is 30.9 Å². The summed E-state index contributed by atoms with van der Waals surface area (Å²) >= 11 is 1.32. The maximum absolute atomic E-state index is 12.4. The van der Waals surface area contributed by atoms with Gasteiger partial charge in [-0.25, -0.2) is 4.79 Å². The molecule has 2 aromatic rings. The highest BCUT2D eigenvalue weighted by Gasteiger charge is 2.23. The lowest BCUT2D eigenvalue weighted by molar-refractivity contribution is -0.149. The highest BCUT2D eigenvalue weighted by molar-refractivity contribution is 7.16. The number of carbonyl (C=O) groups is 3. The smallest absolute Gasteiger partial charge is 0.341 e. The summed E-state index contributed by atoms with van der Waals surface area (Å²) < 4.78 is 10.3. The molecule has 0 aliphatic heterocycles. The van der Waals surface area contributed by atoms with Crippen LogP contribution in [0.1, 0.15) is 66.8 Å². The zero-order valence-electron chi connectivity index (χ0n) is 17.2. The predicted octanol–water partition coefficient (Wildman–Crippen LogP) is 4.72. The van der Waals surface area contributed by atoms with Gasteiger partial charge < -0.3 is 14.8 Å². The summed E-state index contributed by atoms with van der Waals surface area (Å²) in [6.45, 7) is 7.45.